The molecule has 1 amide bonds. The molecular weight excluding hydrogens is 262 g/mol. The third-order valence-corrected chi connectivity index (χ3v) is 3.33. The highest BCUT2D eigenvalue weighted by Gasteiger charge is 2.18. The van der Waals surface area contributed by atoms with Gasteiger partial charge in [-0.05, 0) is 24.6 Å². The van der Waals surface area contributed by atoms with Crippen molar-refractivity contribution in [2.45, 2.75) is 6.92 Å². The van der Waals surface area contributed by atoms with E-state index in [9.17, 15) is 4.79 Å². The summed E-state index contributed by atoms with van der Waals surface area (Å²) in [6.45, 7) is 2.01. The van der Waals surface area contributed by atoms with Gasteiger partial charge in [0.1, 0.15) is 5.69 Å². The van der Waals surface area contributed by atoms with Crippen LogP contribution in [0.5, 0.6) is 0 Å². The molecule has 0 atom stereocenters. The van der Waals surface area contributed by atoms with Gasteiger partial charge in [0.05, 0.1) is 11.9 Å². The first-order chi connectivity index (χ1) is 10.2. The standard InChI is InChI=1S/C17H15N3O/c1-12-6-5-7-13(10-12)15-11-19-20(16(15)17(18)21)14-8-3-2-4-9-14/h2-11H,1H3,(H2,18,21). The van der Waals surface area contributed by atoms with E-state index in [2.05, 4.69) is 5.10 Å². The summed E-state index contributed by atoms with van der Waals surface area (Å²) in [6.07, 6.45) is 1.68. The molecule has 2 N–H and O–H groups in total. The Labute approximate surface area is 122 Å². The van der Waals surface area contributed by atoms with Gasteiger partial charge in [0.25, 0.3) is 5.91 Å². The number of nitrogens with zero attached hydrogens (tertiary/aromatic N) is 2. The summed E-state index contributed by atoms with van der Waals surface area (Å²) < 4.78 is 1.58. The van der Waals surface area contributed by atoms with Crippen LogP contribution in [0.2, 0.25) is 0 Å². The number of amides is 1. The molecule has 2 aromatic carbocycles. The van der Waals surface area contributed by atoms with E-state index in [-0.39, 0.29) is 0 Å². The number of aromatic nitrogens is 2. The van der Waals surface area contributed by atoms with E-state index >= 15 is 0 Å². The largest absolute Gasteiger partial charge is 0.364 e. The smallest absolute Gasteiger partial charge is 0.268 e. The van der Waals surface area contributed by atoms with Crippen LogP contribution in [-0.4, -0.2) is 15.7 Å². The number of para-hydroxylation sites is 1. The molecular formula is C17H15N3O. The van der Waals surface area contributed by atoms with E-state index in [1.54, 1.807) is 10.9 Å². The van der Waals surface area contributed by atoms with Crippen LogP contribution in [0, 0.1) is 6.92 Å². The number of hydrogen-bond acceptors (Lipinski definition) is 2. The van der Waals surface area contributed by atoms with E-state index in [0.717, 1.165) is 22.4 Å². The van der Waals surface area contributed by atoms with E-state index in [0.29, 0.717) is 5.69 Å². The number of hydrogen-bond donors (Lipinski definition) is 1. The van der Waals surface area contributed by atoms with Crippen molar-refractivity contribution >= 4 is 5.91 Å². The molecule has 0 radical (unpaired) electrons. The quantitative estimate of drug-likeness (QED) is 0.800. The molecule has 104 valence electrons. The minimum atomic E-state index is -0.493. The first-order valence-corrected chi connectivity index (χ1v) is 6.67. The SMILES string of the molecule is Cc1cccc(-c2cnn(-c3ccccc3)c2C(N)=O)c1. The zero-order valence-electron chi connectivity index (χ0n) is 11.7. The minimum absolute atomic E-state index is 0.395. The second-order valence-corrected chi connectivity index (χ2v) is 4.89. The highest BCUT2D eigenvalue weighted by atomic mass is 16.1. The zero-order chi connectivity index (χ0) is 14.8. The molecule has 0 saturated heterocycles. The van der Waals surface area contributed by atoms with Crippen molar-refractivity contribution in [2.24, 2.45) is 5.73 Å². The average Bonchev–Trinajstić information content (AvgIpc) is 2.93. The molecule has 0 aliphatic rings. The van der Waals surface area contributed by atoms with Gasteiger partial charge >= 0.3 is 0 Å². The topological polar surface area (TPSA) is 60.9 Å². The Morgan fingerprint density at radius 3 is 2.52 bits per heavy atom. The number of carbonyl (C=O) groups is 1. The summed E-state index contributed by atoms with van der Waals surface area (Å²) in [7, 11) is 0. The van der Waals surface area contributed by atoms with Gasteiger partial charge in [-0.25, -0.2) is 4.68 Å². The maximum absolute atomic E-state index is 11.9. The highest BCUT2D eigenvalue weighted by molar-refractivity contribution is 5.98. The molecule has 0 spiro atoms. The van der Waals surface area contributed by atoms with Crippen LogP contribution < -0.4 is 5.73 Å². The van der Waals surface area contributed by atoms with E-state index < -0.39 is 5.91 Å². The molecule has 0 unspecified atom stereocenters. The Morgan fingerprint density at radius 2 is 1.86 bits per heavy atom. The van der Waals surface area contributed by atoms with Gasteiger partial charge in [-0.1, -0.05) is 48.0 Å². The van der Waals surface area contributed by atoms with Crippen LogP contribution >= 0.6 is 0 Å². The Bertz CT molecular complexity index is 791. The van der Waals surface area contributed by atoms with E-state index in [4.69, 9.17) is 5.73 Å². The summed E-state index contributed by atoms with van der Waals surface area (Å²) in [6, 6.07) is 17.4. The van der Waals surface area contributed by atoms with Crippen LogP contribution in [0.15, 0.2) is 60.8 Å². The van der Waals surface area contributed by atoms with Gasteiger partial charge in [0.2, 0.25) is 0 Å². The van der Waals surface area contributed by atoms with Crippen molar-refractivity contribution in [3.05, 3.63) is 72.1 Å². The van der Waals surface area contributed by atoms with Crippen molar-refractivity contribution in [3.63, 3.8) is 0 Å². The third kappa shape index (κ3) is 2.43. The molecule has 3 aromatic rings. The number of nitrogens with two attached hydrogens (primary N) is 1. The maximum Gasteiger partial charge on any atom is 0.268 e. The van der Waals surface area contributed by atoms with Crippen LogP contribution in [-0.2, 0) is 0 Å². The number of primary amides is 1. The van der Waals surface area contributed by atoms with Crippen LogP contribution in [0.3, 0.4) is 0 Å². The Kier molecular flexibility index (Phi) is 3.28. The number of carbonyl (C=O) groups excluding carboxylic acids is 1. The van der Waals surface area contributed by atoms with Gasteiger partial charge in [-0.3, -0.25) is 4.79 Å². The highest BCUT2D eigenvalue weighted by Crippen LogP contribution is 2.26. The van der Waals surface area contributed by atoms with E-state index in [1.165, 1.54) is 0 Å². The summed E-state index contributed by atoms with van der Waals surface area (Å²) in [4.78, 5) is 11.9. The summed E-state index contributed by atoms with van der Waals surface area (Å²) in [5.74, 6) is -0.493. The van der Waals surface area contributed by atoms with Gasteiger partial charge in [-0.2, -0.15) is 5.10 Å². The van der Waals surface area contributed by atoms with Crippen LogP contribution in [0.4, 0.5) is 0 Å². The Morgan fingerprint density at radius 1 is 1.10 bits per heavy atom. The minimum Gasteiger partial charge on any atom is -0.364 e. The van der Waals surface area contributed by atoms with Gasteiger partial charge < -0.3 is 5.73 Å². The van der Waals surface area contributed by atoms with Gasteiger partial charge in [0.15, 0.2) is 0 Å². The van der Waals surface area contributed by atoms with E-state index in [1.807, 2.05) is 61.5 Å². The molecule has 0 aliphatic carbocycles. The van der Waals surface area contributed by atoms with Crippen LogP contribution in [0.1, 0.15) is 16.1 Å². The third-order valence-electron chi connectivity index (χ3n) is 3.33. The van der Waals surface area contributed by atoms with Crippen molar-refractivity contribution in [3.8, 4) is 16.8 Å². The Balaban J connectivity index is 2.20. The predicted octanol–water partition coefficient (Wildman–Crippen LogP) is 2.95. The molecule has 1 aromatic heterocycles. The van der Waals surface area contributed by atoms with Gasteiger partial charge in [-0.15, -0.1) is 0 Å². The number of aryl methyl sites for hydroxylation is 1. The van der Waals surface area contributed by atoms with Crippen molar-refractivity contribution in [1.29, 1.82) is 0 Å². The number of rotatable bonds is 3. The van der Waals surface area contributed by atoms with Gasteiger partial charge in [0, 0.05) is 5.56 Å². The Hall–Kier alpha value is -2.88. The fourth-order valence-corrected chi connectivity index (χ4v) is 2.37. The molecule has 0 aliphatic heterocycles. The predicted molar refractivity (Wildman–Crippen MR) is 82.3 cm³/mol. The first kappa shape index (κ1) is 13.1. The molecule has 4 nitrogen and oxygen atoms in total. The monoisotopic (exact) mass is 277 g/mol. The fraction of sp³-hybridized carbons (Fsp3) is 0.0588. The van der Waals surface area contributed by atoms with Crippen molar-refractivity contribution < 1.29 is 4.79 Å². The first-order valence-electron chi connectivity index (χ1n) is 6.67. The van der Waals surface area contributed by atoms with Crippen molar-refractivity contribution in [1.82, 2.24) is 9.78 Å². The molecule has 21 heavy (non-hydrogen) atoms. The molecule has 0 fully saturated rings. The molecule has 1 heterocycles. The zero-order valence-corrected chi connectivity index (χ0v) is 11.7. The lowest BCUT2D eigenvalue weighted by molar-refractivity contribution is 0.0993. The summed E-state index contributed by atoms with van der Waals surface area (Å²) in [5, 5.41) is 4.33. The lowest BCUT2D eigenvalue weighted by Gasteiger charge is -2.07. The summed E-state index contributed by atoms with van der Waals surface area (Å²) in [5.41, 5.74) is 9.58. The van der Waals surface area contributed by atoms with Crippen molar-refractivity contribution in [2.75, 3.05) is 0 Å². The molecule has 0 saturated carbocycles. The fourth-order valence-electron chi connectivity index (χ4n) is 2.37. The lowest BCUT2D eigenvalue weighted by atomic mass is 10.0. The summed E-state index contributed by atoms with van der Waals surface area (Å²) >= 11 is 0. The molecule has 3 rings (SSSR count). The molecule has 4 heteroatoms. The average molecular weight is 277 g/mol. The number of benzene rings is 2. The second kappa shape index (κ2) is 5.25. The van der Waals surface area contributed by atoms with Crippen LogP contribution in [0.25, 0.3) is 16.8 Å². The molecule has 0 bridgehead atoms. The second-order valence-electron chi connectivity index (χ2n) is 4.89. The maximum atomic E-state index is 11.9. The normalized spacial score (nSPS) is 10.5. The lowest BCUT2D eigenvalue weighted by Crippen LogP contribution is -2.17.